The first-order valence-corrected chi connectivity index (χ1v) is 12.7. The third kappa shape index (κ3) is 6.55. The van der Waals surface area contributed by atoms with E-state index in [1.54, 1.807) is 24.5 Å². The second-order valence-electron chi connectivity index (χ2n) is 10.2. The number of rotatable bonds is 9. The molecule has 192 valence electrons. The zero-order valence-corrected chi connectivity index (χ0v) is 21.9. The number of hydrogen-bond donors (Lipinski definition) is 3. The van der Waals surface area contributed by atoms with Crippen molar-refractivity contribution in [2.45, 2.75) is 52.0 Å². The molecule has 0 saturated heterocycles. The number of aromatic hydroxyl groups is 1. The Kier molecular flexibility index (Phi) is 7.92. The molecule has 2 aromatic carbocycles. The van der Waals surface area contributed by atoms with Gasteiger partial charge >= 0.3 is 0 Å². The molecule has 0 fully saturated rings. The largest absolute Gasteiger partial charge is 0.508 e. The van der Waals surface area contributed by atoms with Crippen molar-refractivity contribution in [2.24, 2.45) is 0 Å². The van der Waals surface area contributed by atoms with Gasteiger partial charge < -0.3 is 15.7 Å². The summed E-state index contributed by atoms with van der Waals surface area (Å²) in [6, 6.07) is 20.8. The van der Waals surface area contributed by atoms with Crippen LogP contribution < -0.4 is 10.6 Å². The summed E-state index contributed by atoms with van der Waals surface area (Å²) in [5, 5.41) is 20.8. The van der Waals surface area contributed by atoms with Crippen LogP contribution in [0, 0.1) is 0 Å². The van der Waals surface area contributed by atoms with E-state index >= 15 is 0 Å². The van der Waals surface area contributed by atoms with Gasteiger partial charge in [0.05, 0.1) is 11.4 Å². The maximum absolute atomic E-state index is 13.0. The van der Waals surface area contributed by atoms with Gasteiger partial charge in [-0.25, -0.2) is 4.68 Å². The van der Waals surface area contributed by atoms with E-state index in [1.807, 2.05) is 41.9 Å². The molecule has 0 aliphatic carbocycles. The monoisotopic (exact) mass is 497 g/mol. The van der Waals surface area contributed by atoms with Crippen molar-refractivity contribution in [3.63, 3.8) is 0 Å². The summed E-state index contributed by atoms with van der Waals surface area (Å²) in [5.41, 5.74) is 4.94. The summed E-state index contributed by atoms with van der Waals surface area (Å²) >= 11 is 0. The predicted molar refractivity (Wildman–Crippen MR) is 148 cm³/mol. The number of phenolic OH excluding ortho intramolecular Hbond substituents is 1. The number of aromatic nitrogens is 3. The van der Waals surface area contributed by atoms with Crippen molar-refractivity contribution >= 4 is 11.7 Å². The molecule has 4 aromatic rings. The van der Waals surface area contributed by atoms with Crippen LogP contribution in [0.5, 0.6) is 5.75 Å². The predicted octanol–water partition coefficient (Wildman–Crippen LogP) is 5.49. The van der Waals surface area contributed by atoms with Crippen LogP contribution in [-0.4, -0.2) is 38.4 Å². The van der Waals surface area contributed by atoms with Crippen molar-refractivity contribution in [3.05, 3.63) is 90.3 Å². The van der Waals surface area contributed by atoms with Gasteiger partial charge in [-0.1, -0.05) is 52.0 Å². The number of carbonyl (C=O) groups is 1. The summed E-state index contributed by atoms with van der Waals surface area (Å²) in [7, 11) is 0. The van der Waals surface area contributed by atoms with Crippen LogP contribution >= 0.6 is 0 Å². The van der Waals surface area contributed by atoms with Crippen molar-refractivity contribution < 1.29 is 9.90 Å². The van der Waals surface area contributed by atoms with E-state index in [2.05, 4.69) is 60.7 Å². The fraction of sp³-hybridized carbons (Fsp3) is 0.300. The Balaban J connectivity index is 1.54. The Morgan fingerprint density at radius 2 is 1.78 bits per heavy atom. The fourth-order valence-corrected chi connectivity index (χ4v) is 4.09. The van der Waals surface area contributed by atoms with E-state index < -0.39 is 6.04 Å². The van der Waals surface area contributed by atoms with Crippen LogP contribution in [0.1, 0.15) is 45.2 Å². The van der Waals surface area contributed by atoms with Gasteiger partial charge in [-0.2, -0.15) is 5.10 Å². The minimum atomic E-state index is -0.425. The van der Waals surface area contributed by atoms with Gasteiger partial charge in [-0.3, -0.25) is 9.78 Å². The lowest BCUT2D eigenvalue weighted by atomic mass is 9.87. The number of phenols is 1. The van der Waals surface area contributed by atoms with Crippen LogP contribution in [0.3, 0.4) is 0 Å². The highest BCUT2D eigenvalue weighted by atomic mass is 16.3. The minimum absolute atomic E-state index is 0.0517. The average molecular weight is 498 g/mol. The molecular formula is C30H35N5O2. The second kappa shape index (κ2) is 11.3. The van der Waals surface area contributed by atoms with Gasteiger partial charge in [0, 0.05) is 30.6 Å². The molecule has 2 heterocycles. The number of nitrogens with one attached hydrogen (secondary N) is 2. The smallest absolute Gasteiger partial charge is 0.242 e. The Hall–Kier alpha value is -4.13. The quantitative estimate of drug-likeness (QED) is 0.285. The standard InChI is InChI=1S/C30H35N5O2/c1-5-26(29(37)32-18-16-21-8-14-25(36)15-9-21)33-28-19-27(22-7-6-17-31-20-22)34-35(28)24-12-10-23(11-13-24)30(2,3)4/h6-15,17,19-20,26,33,36H,5,16,18H2,1-4H3,(H,32,37). The lowest BCUT2D eigenvalue weighted by molar-refractivity contribution is -0.121. The molecule has 0 radical (unpaired) electrons. The molecule has 1 atom stereocenters. The molecule has 37 heavy (non-hydrogen) atoms. The van der Waals surface area contributed by atoms with Crippen molar-refractivity contribution in [2.75, 3.05) is 11.9 Å². The Morgan fingerprint density at radius 3 is 2.41 bits per heavy atom. The Bertz CT molecular complexity index is 1310. The maximum atomic E-state index is 13.0. The molecule has 0 bridgehead atoms. The highest BCUT2D eigenvalue weighted by Gasteiger charge is 2.20. The first-order valence-electron chi connectivity index (χ1n) is 12.7. The van der Waals surface area contributed by atoms with E-state index in [0.717, 1.165) is 28.3 Å². The van der Waals surface area contributed by atoms with E-state index in [9.17, 15) is 9.90 Å². The molecule has 2 aromatic heterocycles. The van der Waals surface area contributed by atoms with Gasteiger partial charge in [-0.05, 0) is 65.8 Å². The minimum Gasteiger partial charge on any atom is -0.508 e. The van der Waals surface area contributed by atoms with Crippen LogP contribution in [0.25, 0.3) is 16.9 Å². The Morgan fingerprint density at radius 1 is 1.05 bits per heavy atom. The number of pyridine rings is 1. The first-order chi connectivity index (χ1) is 17.7. The molecule has 0 spiro atoms. The number of anilines is 1. The third-order valence-corrected chi connectivity index (χ3v) is 6.34. The molecule has 7 nitrogen and oxygen atoms in total. The van der Waals surface area contributed by atoms with Gasteiger partial charge in [-0.15, -0.1) is 0 Å². The lowest BCUT2D eigenvalue weighted by Crippen LogP contribution is -2.40. The topological polar surface area (TPSA) is 92.1 Å². The first kappa shape index (κ1) is 25.9. The van der Waals surface area contributed by atoms with Crippen LogP contribution in [0.4, 0.5) is 5.82 Å². The average Bonchev–Trinajstić information content (AvgIpc) is 3.32. The summed E-state index contributed by atoms with van der Waals surface area (Å²) in [4.78, 5) is 17.3. The summed E-state index contributed by atoms with van der Waals surface area (Å²) < 4.78 is 1.85. The van der Waals surface area contributed by atoms with Gasteiger partial charge in [0.15, 0.2) is 0 Å². The molecule has 1 unspecified atom stereocenters. The molecule has 0 saturated carbocycles. The van der Waals surface area contributed by atoms with Crippen LogP contribution in [0.2, 0.25) is 0 Å². The lowest BCUT2D eigenvalue weighted by Gasteiger charge is -2.20. The van der Waals surface area contributed by atoms with E-state index in [1.165, 1.54) is 5.56 Å². The van der Waals surface area contributed by atoms with E-state index in [0.29, 0.717) is 19.4 Å². The number of benzene rings is 2. The fourth-order valence-electron chi connectivity index (χ4n) is 4.09. The maximum Gasteiger partial charge on any atom is 0.242 e. The molecule has 1 amide bonds. The van der Waals surface area contributed by atoms with E-state index in [4.69, 9.17) is 5.10 Å². The molecule has 3 N–H and O–H groups in total. The molecule has 4 rings (SSSR count). The number of nitrogens with zero attached hydrogens (tertiary/aromatic N) is 3. The van der Waals surface area contributed by atoms with Crippen molar-refractivity contribution in [3.8, 4) is 22.7 Å². The van der Waals surface area contributed by atoms with Crippen molar-refractivity contribution in [1.29, 1.82) is 0 Å². The normalized spacial score (nSPS) is 12.2. The highest BCUT2D eigenvalue weighted by molar-refractivity contribution is 5.84. The summed E-state index contributed by atoms with van der Waals surface area (Å²) in [5.74, 6) is 0.904. The van der Waals surface area contributed by atoms with E-state index in [-0.39, 0.29) is 17.1 Å². The molecule has 0 aliphatic heterocycles. The SMILES string of the molecule is CCC(Nc1cc(-c2cccnc2)nn1-c1ccc(C(C)(C)C)cc1)C(=O)NCCc1ccc(O)cc1. The van der Waals surface area contributed by atoms with Crippen LogP contribution in [0.15, 0.2) is 79.1 Å². The number of hydrogen-bond acceptors (Lipinski definition) is 5. The zero-order valence-electron chi connectivity index (χ0n) is 21.9. The Labute approximate surface area is 218 Å². The third-order valence-electron chi connectivity index (χ3n) is 6.34. The molecule has 0 aliphatic rings. The number of amides is 1. The van der Waals surface area contributed by atoms with Gasteiger partial charge in [0.25, 0.3) is 0 Å². The van der Waals surface area contributed by atoms with Crippen LogP contribution in [-0.2, 0) is 16.6 Å². The van der Waals surface area contributed by atoms with Gasteiger partial charge in [0.2, 0.25) is 5.91 Å². The second-order valence-corrected chi connectivity index (χ2v) is 10.2. The van der Waals surface area contributed by atoms with Crippen molar-refractivity contribution in [1.82, 2.24) is 20.1 Å². The zero-order chi connectivity index (χ0) is 26.4. The van der Waals surface area contributed by atoms with Gasteiger partial charge in [0.1, 0.15) is 17.6 Å². The highest BCUT2D eigenvalue weighted by Crippen LogP contribution is 2.27. The summed E-state index contributed by atoms with van der Waals surface area (Å²) in [6.07, 6.45) is 4.82. The molecule has 7 heteroatoms. The summed E-state index contributed by atoms with van der Waals surface area (Å²) in [6.45, 7) is 9.06. The molecular weight excluding hydrogens is 462 g/mol. The number of carbonyl (C=O) groups excluding carboxylic acids is 1.